The van der Waals surface area contributed by atoms with Gasteiger partial charge in [-0.1, -0.05) is 65.9 Å². The van der Waals surface area contributed by atoms with E-state index in [1.54, 1.807) is 0 Å². The van der Waals surface area contributed by atoms with E-state index in [9.17, 15) is 0 Å². The number of para-hydroxylation sites is 1. The second-order valence-electron chi connectivity index (χ2n) is 9.32. The highest BCUT2D eigenvalue weighted by molar-refractivity contribution is 7.67. The third-order valence-corrected chi connectivity index (χ3v) is 10.6. The first-order valence-electron chi connectivity index (χ1n) is 11.6. The molecule has 3 nitrogen and oxygen atoms in total. The molecule has 4 aromatic rings. The molecule has 0 bridgehead atoms. The van der Waals surface area contributed by atoms with Crippen LogP contribution in [0.2, 0.25) is 0 Å². The van der Waals surface area contributed by atoms with Gasteiger partial charge in [0.15, 0.2) is 0 Å². The Morgan fingerprint density at radius 1 is 0.697 bits per heavy atom. The Morgan fingerprint density at radius 2 is 1.18 bits per heavy atom. The maximum Gasteiger partial charge on any atom is 0.453 e. The highest BCUT2D eigenvalue weighted by Crippen LogP contribution is 2.48. The summed E-state index contributed by atoms with van der Waals surface area (Å²) >= 11 is 0. The van der Waals surface area contributed by atoms with Gasteiger partial charge in [0.1, 0.15) is 16.9 Å². The first kappa shape index (κ1) is 23.9. The maximum atomic E-state index is 6.54. The molecule has 174 valence electrons. The average molecular weight is 481 g/mol. The van der Waals surface area contributed by atoms with E-state index in [0.717, 1.165) is 27.7 Å². The van der Waals surface area contributed by atoms with Gasteiger partial charge in [-0.2, -0.15) is 0 Å². The summed E-state index contributed by atoms with van der Waals surface area (Å²) in [5, 5.41) is 3.50. The van der Waals surface area contributed by atoms with Gasteiger partial charge in [0.25, 0.3) is 0 Å². The predicted octanol–water partition coefficient (Wildman–Crippen LogP) is 9.29. The standard InChI is InChI=1S/C28H34O3P2/c1-17(2)32(18(3)4)26-12-10-9-11-23(26)29-33-30-24-15-13-19(5)21(7)27(24)28-22(8)20(6)14-16-25(28)31-33/h9-18H,1-8H3. The summed E-state index contributed by atoms with van der Waals surface area (Å²) in [5.41, 5.74) is 7.67. The molecule has 0 unspecified atom stereocenters. The van der Waals surface area contributed by atoms with Crippen molar-refractivity contribution in [1.29, 1.82) is 0 Å². The molecule has 0 aliphatic heterocycles. The Labute approximate surface area is 199 Å². The Balaban J connectivity index is 1.98. The molecule has 0 saturated heterocycles. The fourth-order valence-electron chi connectivity index (χ4n) is 4.55. The summed E-state index contributed by atoms with van der Waals surface area (Å²) in [7, 11) is -2.04. The largest absolute Gasteiger partial charge is 0.453 e. The molecule has 0 fully saturated rings. The van der Waals surface area contributed by atoms with Crippen LogP contribution in [0.3, 0.4) is 0 Å². The lowest BCUT2D eigenvalue weighted by Crippen LogP contribution is -2.16. The molecule has 4 rings (SSSR count). The normalized spacial score (nSPS) is 11.8. The lowest BCUT2D eigenvalue weighted by atomic mass is 9.97. The quantitative estimate of drug-likeness (QED) is 0.267. The van der Waals surface area contributed by atoms with Crippen LogP contribution >= 0.6 is 16.2 Å². The summed E-state index contributed by atoms with van der Waals surface area (Å²) in [6, 6.07) is 16.7. The smallest absolute Gasteiger partial charge is 0.390 e. The average Bonchev–Trinajstić information content (AvgIpc) is 2.91. The zero-order chi connectivity index (χ0) is 23.9. The first-order chi connectivity index (χ1) is 15.7. The molecule has 33 heavy (non-hydrogen) atoms. The van der Waals surface area contributed by atoms with E-state index < -0.39 is 8.24 Å². The van der Waals surface area contributed by atoms with Crippen molar-refractivity contribution in [2.75, 3.05) is 0 Å². The van der Waals surface area contributed by atoms with Gasteiger partial charge >= 0.3 is 8.24 Å². The molecular weight excluding hydrogens is 446 g/mol. The van der Waals surface area contributed by atoms with E-state index in [4.69, 9.17) is 12.9 Å². The first-order valence-corrected chi connectivity index (χ1v) is 14.2. The summed E-state index contributed by atoms with van der Waals surface area (Å²) in [4.78, 5) is 0. The summed E-state index contributed by atoms with van der Waals surface area (Å²) in [6.07, 6.45) is 0. The van der Waals surface area contributed by atoms with Gasteiger partial charge in [-0.3, -0.25) is 0 Å². The van der Waals surface area contributed by atoms with Crippen molar-refractivity contribution in [3.8, 4) is 5.75 Å². The SMILES string of the molecule is Cc1ccc2op(Oc3ccccc3P(C(C)C)C(C)C)oc3ccc(C)c(C)c3c2c1C. The molecule has 0 saturated carbocycles. The van der Waals surface area contributed by atoms with Crippen LogP contribution in [-0.4, -0.2) is 11.3 Å². The van der Waals surface area contributed by atoms with Gasteiger partial charge in [-0.15, -0.1) is 0 Å². The summed E-state index contributed by atoms with van der Waals surface area (Å²) in [6.45, 7) is 17.8. The fourth-order valence-corrected chi connectivity index (χ4v) is 8.62. The highest BCUT2D eigenvalue weighted by atomic mass is 31.1. The lowest BCUT2D eigenvalue weighted by Gasteiger charge is -2.27. The van der Waals surface area contributed by atoms with Crippen LogP contribution in [0, 0.1) is 27.7 Å². The van der Waals surface area contributed by atoms with Crippen molar-refractivity contribution in [2.24, 2.45) is 0 Å². The molecule has 1 heterocycles. The number of aryl methyl sites for hydroxylation is 4. The lowest BCUT2D eigenvalue weighted by molar-refractivity contribution is 0.500. The summed E-state index contributed by atoms with van der Waals surface area (Å²) < 4.78 is 19.5. The van der Waals surface area contributed by atoms with Crippen LogP contribution in [0.25, 0.3) is 21.9 Å². The van der Waals surface area contributed by atoms with Crippen molar-refractivity contribution in [3.05, 3.63) is 70.8 Å². The molecule has 0 amide bonds. The molecule has 0 radical (unpaired) electrons. The van der Waals surface area contributed by atoms with E-state index in [0.29, 0.717) is 11.3 Å². The van der Waals surface area contributed by atoms with Crippen molar-refractivity contribution in [1.82, 2.24) is 0 Å². The van der Waals surface area contributed by atoms with E-state index in [1.807, 2.05) is 6.07 Å². The monoisotopic (exact) mass is 480 g/mol. The van der Waals surface area contributed by atoms with Crippen LogP contribution < -0.4 is 9.83 Å². The van der Waals surface area contributed by atoms with Crippen molar-refractivity contribution in [2.45, 2.75) is 66.7 Å². The molecule has 5 heteroatoms. The second-order valence-corrected chi connectivity index (χ2v) is 13.7. The number of hydrogen-bond acceptors (Lipinski definition) is 3. The third kappa shape index (κ3) is 4.59. The summed E-state index contributed by atoms with van der Waals surface area (Å²) in [5.74, 6) is 0.870. The minimum Gasteiger partial charge on any atom is -0.390 e. The van der Waals surface area contributed by atoms with Crippen LogP contribution in [0.4, 0.5) is 0 Å². The van der Waals surface area contributed by atoms with Gasteiger partial charge in [0, 0.05) is 16.1 Å². The van der Waals surface area contributed by atoms with Gasteiger partial charge in [0.2, 0.25) is 0 Å². The Morgan fingerprint density at radius 3 is 1.67 bits per heavy atom. The topological polar surface area (TPSA) is 35.5 Å². The van der Waals surface area contributed by atoms with Crippen LogP contribution in [0.5, 0.6) is 5.75 Å². The van der Waals surface area contributed by atoms with Crippen molar-refractivity contribution >= 4 is 43.4 Å². The molecular formula is C28H34O3P2. The Hall–Kier alpha value is -2.21. The van der Waals surface area contributed by atoms with Gasteiger partial charge < -0.3 is 12.9 Å². The van der Waals surface area contributed by atoms with E-state index in [2.05, 4.69) is 97.9 Å². The van der Waals surface area contributed by atoms with Crippen molar-refractivity contribution in [3.63, 3.8) is 0 Å². The molecule has 0 spiro atoms. The predicted molar refractivity (Wildman–Crippen MR) is 145 cm³/mol. The van der Waals surface area contributed by atoms with Crippen LogP contribution in [0.15, 0.2) is 56.9 Å². The number of hydrogen-bond donors (Lipinski definition) is 0. The minimum absolute atomic E-state index is 0.378. The molecule has 0 aliphatic carbocycles. The van der Waals surface area contributed by atoms with Crippen LogP contribution in [0.1, 0.15) is 49.9 Å². The van der Waals surface area contributed by atoms with E-state index in [1.165, 1.54) is 27.6 Å². The van der Waals surface area contributed by atoms with E-state index >= 15 is 0 Å². The number of rotatable bonds is 5. The van der Waals surface area contributed by atoms with E-state index in [-0.39, 0.29) is 7.92 Å². The molecule has 0 N–H and O–H groups in total. The minimum atomic E-state index is -1.66. The third-order valence-electron chi connectivity index (χ3n) is 6.42. The molecule has 1 aromatic heterocycles. The fraction of sp³-hybridized carbons (Fsp3) is 0.357. The molecule has 0 aliphatic rings. The van der Waals surface area contributed by atoms with Crippen LogP contribution in [-0.2, 0) is 0 Å². The van der Waals surface area contributed by atoms with Gasteiger partial charge in [-0.05, 0) is 79.5 Å². The zero-order valence-corrected chi connectivity index (χ0v) is 22.7. The van der Waals surface area contributed by atoms with Gasteiger partial charge in [0.05, 0.1) is 0 Å². The second kappa shape index (κ2) is 9.57. The molecule has 0 atom stereocenters. The van der Waals surface area contributed by atoms with Crippen molar-refractivity contribution < 1.29 is 12.9 Å². The number of fused-ring (bicyclic) bond motifs is 3. The zero-order valence-electron chi connectivity index (χ0n) is 20.9. The van der Waals surface area contributed by atoms with Gasteiger partial charge in [-0.25, -0.2) is 0 Å². The maximum absolute atomic E-state index is 6.54. The highest BCUT2D eigenvalue weighted by Gasteiger charge is 2.23. The number of benzene rings is 3. The Bertz CT molecular complexity index is 1270. The molecule has 3 aromatic carbocycles. The Kier molecular flexibility index (Phi) is 6.94.